The van der Waals surface area contributed by atoms with Crippen LogP contribution in [-0.2, 0) is 20.8 Å². The summed E-state index contributed by atoms with van der Waals surface area (Å²) in [6.07, 6.45) is 2.84. The van der Waals surface area contributed by atoms with Crippen molar-refractivity contribution in [2.45, 2.75) is 20.3 Å². The Kier molecular flexibility index (Phi) is 6.82. The summed E-state index contributed by atoms with van der Waals surface area (Å²) >= 11 is 0. The van der Waals surface area contributed by atoms with Gasteiger partial charge in [0.2, 0.25) is 6.41 Å². The lowest BCUT2D eigenvalue weighted by Gasteiger charge is -2.20. The van der Waals surface area contributed by atoms with Gasteiger partial charge in [0.05, 0.1) is 16.6 Å². The number of carbonyl (C=O) groups is 3. The standard InChI is InChI=1S/C27H27N5O4/c1-5-30(6-2)26(35)17(3)29-25(34)18(4)32-15-28-24-21(8-7-9-22(24)27(32)36)19-10-11-23-20(14-19)12-13-31(23)16-33/h7-11,14-16H,3-6,12-13H2,1-2H3,(H,29,34). The van der Waals surface area contributed by atoms with Gasteiger partial charge in [0.25, 0.3) is 17.4 Å². The molecule has 0 spiro atoms. The largest absolute Gasteiger partial charge is 0.338 e. The van der Waals surface area contributed by atoms with Gasteiger partial charge in [-0.2, -0.15) is 0 Å². The van der Waals surface area contributed by atoms with E-state index >= 15 is 0 Å². The van der Waals surface area contributed by atoms with E-state index in [-0.39, 0.29) is 11.4 Å². The summed E-state index contributed by atoms with van der Waals surface area (Å²) in [4.78, 5) is 57.3. The fourth-order valence-electron chi connectivity index (χ4n) is 4.36. The number of rotatable bonds is 8. The van der Waals surface area contributed by atoms with E-state index in [0.29, 0.717) is 30.5 Å². The first kappa shape index (κ1) is 24.6. The van der Waals surface area contributed by atoms with Crippen LogP contribution in [0.15, 0.2) is 66.4 Å². The van der Waals surface area contributed by atoms with Crippen molar-refractivity contribution in [3.63, 3.8) is 0 Å². The van der Waals surface area contributed by atoms with Crippen LogP contribution in [0.25, 0.3) is 27.7 Å². The number of para-hydroxylation sites is 1. The third-order valence-electron chi connectivity index (χ3n) is 6.36. The molecule has 3 aromatic rings. The van der Waals surface area contributed by atoms with Gasteiger partial charge in [-0.05, 0) is 49.6 Å². The van der Waals surface area contributed by atoms with E-state index in [1.54, 1.807) is 17.0 Å². The first-order valence-corrected chi connectivity index (χ1v) is 11.6. The fourth-order valence-corrected chi connectivity index (χ4v) is 4.36. The molecule has 1 aromatic heterocycles. The second kappa shape index (κ2) is 9.99. The Morgan fingerprint density at radius 2 is 1.92 bits per heavy atom. The van der Waals surface area contributed by atoms with Crippen molar-refractivity contribution in [2.75, 3.05) is 24.5 Å². The molecule has 0 radical (unpaired) electrons. The number of nitrogens with one attached hydrogen (secondary N) is 1. The number of likely N-dealkylation sites (N-methyl/N-ethyl adjacent to an activating group) is 1. The second-order valence-corrected chi connectivity index (χ2v) is 8.37. The number of hydrogen-bond acceptors (Lipinski definition) is 5. The van der Waals surface area contributed by atoms with E-state index in [0.717, 1.165) is 39.8 Å². The lowest BCUT2D eigenvalue weighted by molar-refractivity contribution is -0.128. The Hall–Kier alpha value is -4.53. The number of fused-ring (bicyclic) bond motifs is 2. The van der Waals surface area contributed by atoms with E-state index in [4.69, 9.17) is 0 Å². The third-order valence-corrected chi connectivity index (χ3v) is 6.36. The van der Waals surface area contributed by atoms with Gasteiger partial charge in [0, 0.05) is 30.9 Å². The molecule has 0 saturated heterocycles. The summed E-state index contributed by atoms with van der Waals surface area (Å²) in [7, 11) is 0. The normalized spacial score (nSPS) is 12.2. The molecule has 0 fully saturated rings. The minimum atomic E-state index is -0.724. The zero-order chi connectivity index (χ0) is 26.0. The van der Waals surface area contributed by atoms with Crippen molar-refractivity contribution in [1.82, 2.24) is 19.8 Å². The van der Waals surface area contributed by atoms with Gasteiger partial charge in [-0.3, -0.25) is 23.7 Å². The van der Waals surface area contributed by atoms with Gasteiger partial charge in [-0.1, -0.05) is 31.4 Å². The molecular formula is C27H27N5O4. The van der Waals surface area contributed by atoms with Crippen LogP contribution in [0.1, 0.15) is 19.4 Å². The van der Waals surface area contributed by atoms with E-state index < -0.39 is 17.4 Å². The first-order valence-electron chi connectivity index (χ1n) is 11.6. The zero-order valence-electron chi connectivity index (χ0n) is 20.3. The predicted molar refractivity (Wildman–Crippen MR) is 139 cm³/mol. The smallest absolute Gasteiger partial charge is 0.272 e. The van der Waals surface area contributed by atoms with Crippen molar-refractivity contribution in [3.8, 4) is 11.1 Å². The highest BCUT2D eigenvalue weighted by Gasteiger charge is 2.21. The number of carbonyl (C=O) groups excluding carboxylic acids is 3. The van der Waals surface area contributed by atoms with Gasteiger partial charge in [-0.25, -0.2) is 4.98 Å². The third kappa shape index (κ3) is 4.31. The lowest BCUT2D eigenvalue weighted by Crippen LogP contribution is -2.39. The number of nitrogens with zero attached hydrogens (tertiary/aromatic N) is 4. The Labute approximate surface area is 208 Å². The minimum absolute atomic E-state index is 0.0984. The van der Waals surface area contributed by atoms with Crippen molar-refractivity contribution in [1.29, 1.82) is 0 Å². The van der Waals surface area contributed by atoms with Crippen LogP contribution in [0, 0.1) is 0 Å². The summed E-state index contributed by atoms with van der Waals surface area (Å²) in [6.45, 7) is 12.6. The van der Waals surface area contributed by atoms with Crippen molar-refractivity contribution in [3.05, 3.63) is 77.5 Å². The molecule has 184 valence electrons. The van der Waals surface area contributed by atoms with Gasteiger partial charge in [0.1, 0.15) is 12.0 Å². The monoisotopic (exact) mass is 485 g/mol. The molecule has 0 atom stereocenters. The number of anilines is 1. The Balaban J connectivity index is 1.64. The number of benzene rings is 2. The highest BCUT2D eigenvalue weighted by atomic mass is 16.2. The van der Waals surface area contributed by atoms with E-state index in [9.17, 15) is 19.2 Å². The minimum Gasteiger partial charge on any atom is -0.338 e. The van der Waals surface area contributed by atoms with Crippen molar-refractivity contribution < 1.29 is 14.4 Å². The molecule has 1 aliphatic heterocycles. The molecule has 1 N–H and O–H groups in total. The maximum Gasteiger partial charge on any atom is 0.272 e. The average Bonchev–Trinajstić information content (AvgIpc) is 3.31. The quantitative estimate of drug-likeness (QED) is 0.390. The molecule has 0 saturated carbocycles. The molecule has 1 aliphatic rings. The fraction of sp³-hybridized carbons (Fsp3) is 0.222. The Morgan fingerprint density at radius 3 is 2.61 bits per heavy atom. The van der Waals surface area contributed by atoms with Crippen LogP contribution in [-0.4, -0.2) is 52.3 Å². The molecular weight excluding hydrogens is 458 g/mol. The number of hydrogen-bond donors (Lipinski definition) is 1. The second-order valence-electron chi connectivity index (χ2n) is 8.37. The molecule has 2 heterocycles. The molecule has 0 bridgehead atoms. The van der Waals surface area contributed by atoms with Gasteiger partial charge >= 0.3 is 0 Å². The Morgan fingerprint density at radius 1 is 1.17 bits per heavy atom. The molecule has 2 aromatic carbocycles. The summed E-state index contributed by atoms with van der Waals surface area (Å²) in [5.41, 5.74) is 3.31. The van der Waals surface area contributed by atoms with Crippen LogP contribution in [0.4, 0.5) is 5.69 Å². The summed E-state index contributed by atoms with van der Waals surface area (Å²) in [6, 6.07) is 11.1. The van der Waals surface area contributed by atoms with Crippen LogP contribution < -0.4 is 15.8 Å². The van der Waals surface area contributed by atoms with Crippen LogP contribution in [0.3, 0.4) is 0 Å². The molecule has 4 rings (SSSR count). The van der Waals surface area contributed by atoms with Gasteiger partial charge in [0.15, 0.2) is 0 Å². The summed E-state index contributed by atoms with van der Waals surface area (Å²) < 4.78 is 1.06. The summed E-state index contributed by atoms with van der Waals surface area (Å²) in [5, 5.41) is 2.75. The lowest BCUT2D eigenvalue weighted by atomic mass is 9.99. The number of amides is 3. The highest BCUT2D eigenvalue weighted by molar-refractivity contribution is 6.15. The summed E-state index contributed by atoms with van der Waals surface area (Å²) in [5.74, 6) is -1.13. The molecule has 0 unspecified atom stereocenters. The van der Waals surface area contributed by atoms with Gasteiger partial charge < -0.3 is 15.1 Å². The topological polar surface area (TPSA) is 105 Å². The number of aromatic nitrogens is 2. The maximum atomic E-state index is 13.3. The van der Waals surface area contributed by atoms with E-state index in [2.05, 4.69) is 23.5 Å². The van der Waals surface area contributed by atoms with E-state index in [1.165, 1.54) is 11.2 Å². The molecule has 0 aliphatic carbocycles. The Bertz CT molecular complexity index is 1470. The molecule has 36 heavy (non-hydrogen) atoms. The highest BCUT2D eigenvalue weighted by Crippen LogP contribution is 2.33. The maximum absolute atomic E-state index is 13.3. The van der Waals surface area contributed by atoms with Crippen LogP contribution in [0.2, 0.25) is 0 Å². The zero-order valence-corrected chi connectivity index (χ0v) is 20.3. The van der Waals surface area contributed by atoms with Crippen LogP contribution >= 0.6 is 0 Å². The van der Waals surface area contributed by atoms with Crippen molar-refractivity contribution >= 4 is 40.5 Å². The molecule has 3 amide bonds. The predicted octanol–water partition coefficient (Wildman–Crippen LogP) is 2.55. The molecule has 9 nitrogen and oxygen atoms in total. The van der Waals surface area contributed by atoms with Gasteiger partial charge in [-0.15, -0.1) is 0 Å². The average molecular weight is 486 g/mol. The van der Waals surface area contributed by atoms with Crippen molar-refractivity contribution in [2.24, 2.45) is 0 Å². The first-order chi connectivity index (χ1) is 17.3. The SMILES string of the molecule is C=C(NC(=O)C(=C)n1cnc2c(-c3ccc4c(c3)CCN4C=O)cccc2c1=O)C(=O)N(CC)CC. The van der Waals surface area contributed by atoms with E-state index in [1.807, 2.05) is 38.1 Å². The molecule has 9 heteroatoms. The van der Waals surface area contributed by atoms with Crippen LogP contribution in [0.5, 0.6) is 0 Å².